The van der Waals surface area contributed by atoms with Gasteiger partial charge in [0.25, 0.3) is 0 Å². The lowest BCUT2D eigenvalue weighted by Crippen LogP contribution is -2.12. The molecule has 1 heterocycles. The van der Waals surface area contributed by atoms with E-state index in [1.165, 1.54) is 5.39 Å². The maximum absolute atomic E-state index is 12.2. The van der Waals surface area contributed by atoms with Crippen molar-refractivity contribution in [1.29, 1.82) is 0 Å². The van der Waals surface area contributed by atoms with Crippen LogP contribution in [-0.2, 0) is 9.53 Å². The van der Waals surface area contributed by atoms with Gasteiger partial charge in [0.1, 0.15) is 5.75 Å². The molecule has 128 valence electrons. The van der Waals surface area contributed by atoms with Gasteiger partial charge in [-0.3, -0.25) is 0 Å². The maximum atomic E-state index is 12.2. The summed E-state index contributed by atoms with van der Waals surface area (Å²) in [7, 11) is 0. The van der Waals surface area contributed by atoms with Crippen molar-refractivity contribution >= 4 is 22.3 Å². The van der Waals surface area contributed by atoms with Gasteiger partial charge in [-0.2, -0.15) is 0 Å². The molecule has 1 aliphatic rings. The van der Waals surface area contributed by atoms with Gasteiger partial charge in [0.15, 0.2) is 0 Å². The summed E-state index contributed by atoms with van der Waals surface area (Å²) in [5.41, 5.74) is 3.05. The van der Waals surface area contributed by atoms with Crippen LogP contribution in [0.2, 0.25) is 0 Å². The summed E-state index contributed by atoms with van der Waals surface area (Å²) in [6.07, 6.45) is 3.62. The van der Waals surface area contributed by atoms with Crippen molar-refractivity contribution in [2.75, 3.05) is 6.61 Å². The number of benzene rings is 3. The molecular weight excluding hydrogens is 324 g/mol. The molecule has 3 aromatic carbocycles. The number of hydrogen-bond donors (Lipinski definition) is 0. The zero-order valence-electron chi connectivity index (χ0n) is 14.4. The first kappa shape index (κ1) is 16.2. The Bertz CT molecular complexity index is 1040. The van der Waals surface area contributed by atoms with Crippen LogP contribution in [0.25, 0.3) is 16.3 Å². The minimum Gasteiger partial charge on any atom is -0.460 e. The summed E-state index contributed by atoms with van der Waals surface area (Å²) >= 11 is 0. The van der Waals surface area contributed by atoms with E-state index >= 15 is 0 Å². The molecule has 0 fully saturated rings. The van der Waals surface area contributed by atoms with Crippen molar-refractivity contribution in [2.24, 2.45) is 0 Å². The first-order valence-electron chi connectivity index (χ1n) is 8.62. The van der Waals surface area contributed by atoms with E-state index in [0.29, 0.717) is 12.4 Å². The second kappa shape index (κ2) is 6.89. The highest BCUT2D eigenvalue weighted by Gasteiger charge is 2.20. The maximum Gasteiger partial charge on any atom is 0.374 e. The molecule has 0 unspecified atom stereocenters. The molecule has 0 amide bonds. The van der Waals surface area contributed by atoms with E-state index in [9.17, 15) is 4.79 Å². The molecule has 3 heteroatoms. The van der Waals surface area contributed by atoms with Gasteiger partial charge in [-0.25, -0.2) is 4.79 Å². The molecule has 3 aromatic rings. The van der Waals surface area contributed by atoms with Gasteiger partial charge in [-0.15, -0.1) is 0 Å². The van der Waals surface area contributed by atoms with Crippen LogP contribution in [0.3, 0.4) is 0 Å². The number of hydrogen-bond acceptors (Lipinski definition) is 3. The van der Waals surface area contributed by atoms with E-state index in [-0.39, 0.29) is 5.76 Å². The standard InChI is InChI=1S/C23H18O3/c1-2-25-23(24)22-15-14-19(20-11-5-6-13-21(20)26-22)18-12-7-9-16-8-3-4-10-17(16)18/h3-15H,2H2,1H3. The van der Waals surface area contributed by atoms with Crippen LogP contribution in [0, 0.1) is 0 Å². The van der Waals surface area contributed by atoms with Gasteiger partial charge in [-0.05, 0) is 47.1 Å². The smallest absolute Gasteiger partial charge is 0.374 e. The van der Waals surface area contributed by atoms with Crippen LogP contribution >= 0.6 is 0 Å². The second-order valence-electron chi connectivity index (χ2n) is 5.96. The van der Waals surface area contributed by atoms with Crippen molar-refractivity contribution in [3.63, 3.8) is 0 Å². The van der Waals surface area contributed by atoms with Gasteiger partial charge in [0.05, 0.1) is 6.61 Å². The number of ether oxygens (including phenoxy) is 2. The van der Waals surface area contributed by atoms with E-state index in [4.69, 9.17) is 9.47 Å². The van der Waals surface area contributed by atoms with Gasteiger partial charge in [0, 0.05) is 5.56 Å². The summed E-state index contributed by atoms with van der Waals surface area (Å²) < 4.78 is 11.0. The normalized spacial score (nSPS) is 13.1. The second-order valence-corrected chi connectivity index (χ2v) is 5.96. The fourth-order valence-electron chi connectivity index (χ4n) is 3.19. The van der Waals surface area contributed by atoms with Crippen molar-refractivity contribution in [3.05, 3.63) is 95.8 Å². The molecule has 1 aliphatic heterocycles. The Morgan fingerprint density at radius 1 is 0.885 bits per heavy atom. The molecule has 0 aliphatic carbocycles. The highest BCUT2D eigenvalue weighted by Crippen LogP contribution is 2.37. The van der Waals surface area contributed by atoms with E-state index in [2.05, 4.69) is 24.3 Å². The average Bonchev–Trinajstić information content (AvgIpc) is 2.87. The Kier molecular flexibility index (Phi) is 4.28. The monoisotopic (exact) mass is 342 g/mol. The Balaban J connectivity index is 1.92. The molecule has 0 aromatic heterocycles. The Morgan fingerprint density at radius 2 is 1.62 bits per heavy atom. The third-order valence-electron chi connectivity index (χ3n) is 4.35. The topological polar surface area (TPSA) is 35.5 Å². The highest BCUT2D eigenvalue weighted by molar-refractivity contribution is 6.00. The van der Waals surface area contributed by atoms with Crippen molar-refractivity contribution in [1.82, 2.24) is 0 Å². The fraction of sp³-hybridized carbons (Fsp3) is 0.0870. The van der Waals surface area contributed by atoms with Crippen LogP contribution in [0.15, 0.2) is 84.6 Å². The van der Waals surface area contributed by atoms with E-state index in [1.54, 1.807) is 13.0 Å². The first-order chi connectivity index (χ1) is 12.8. The zero-order chi connectivity index (χ0) is 17.9. The van der Waals surface area contributed by atoms with Crippen LogP contribution < -0.4 is 4.74 Å². The average molecular weight is 342 g/mol. The van der Waals surface area contributed by atoms with E-state index < -0.39 is 5.97 Å². The van der Waals surface area contributed by atoms with Crippen molar-refractivity contribution in [3.8, 4) is 5.75 Å². The number of carbonyl (C=O) groups excluding carboxylic acids is 1. The summed E-state index contributed by atoms with van der Waals surface area (Å²) in [5.74, 6) is 0.371. The number of para-hydroxylation sites is 1. The quantitative estimate of drug-likeness (QED) is 0.620. The van der Waals surface area contributed by atoms with Gasteiger partial charge in [0.2, 0.25) is 5.76 Å². The summed E-state index contributed by atoms with van der Waals surface area (Å²) in [6.45, 7) is 2.08. The molecule has 4 rings (SSSR count). The zero-order valence-corrected chi connectivity index (χ0v) is 14.4. The molecule has 26 heavy (non-hydrogen) atoms. The summed E-state index contributed by atoms with van der Waals surface area (Å²) in [6, 6.07) is 22.2. The summed E-state index contributed by atoms with van der Waals surface area (Å²) in [5, 5.41) is 2.33. The SMILES string of the molecule is CCOC(=O)C1=CC=C(c2cccc3ccccc23)c2ccccc2O1. The molecule has 3 nitrogen and oxygen atoms in total. The number of fused-ring (bicyclic) bond motifs is 2. The lowest BCUT2D eigenvalue weighted by molar-refractivity contribution is -0.141. The molecule has 0 N–H and O–H groups in total. The van der Waals surface area contributed by atoms with Crippen LogP contribution in [0.5, 0.6) is 5.75 Å². The predicted octanol–water partition coefficient (Wildman–Crippen LogP) is 5.11. The third kappa shape index (κ3) is 2.88. The fourth-order valence-corrected chi connectivity index (χ4v) is 3.19. The molecule has 0 spiro atoms. The van der Waals surface area contributed by atoms with E-state index in [1.807, 2.05) is 48.5 Å². The van der Waals surface area contributed by atoms with Gasteiger partial charge >= 0.3 is 5.97 Å². The molecule has 0 atom stereocenters. The minimum atomic E-state index is -0.460. The van der Waals surface area contributed by atoms with Crippen LogP contribution in [0.1, 0.15) is 18.1 Å². The van der Waals surface area contributed by atoms with Crippen molar-refractivity contribution < 1.29 is 14.3 Å². The molecule has 0 radical (unpaired) electrons. The van der Waals surface area contributed by atoms with Crippen LogP contribution in [-0.4, -0.2) is 12.6 Å². The Hall–Kier alpha value is -3.33. The Labute approximate surface area is 152 Å². The molecular formula is C23H18O3. The predicted molar refractivity (Wildman–Crippen MR) is 103 cm³/mol. The summed E-state index contributed by atoms with van der Waals surface area (Å²) in [4.78, 5) is 12.2. The number of esters is 1. The minimum absolute atomic E-state index is 0.189. The number of rotatable bonds is 3. The van der Waals surface area contributed by atoms with Gasteiger partial charge < -0.3 is 9.47 Å². The van der Waals surface area contributed by atoms with E-state index in [0.717, 1.165) is 22.1 Å². The molecule has 0 saturated heterocycles. The third-order valence-corrected chi connectivity index (χ3v) is 4.35. The van der Waals surface area contributed by atoms with Gasteiger partial charge in [-0.1, -0.05) is 60.7 Å². The number of carbonyl (C=O) groups is 1. The Morgan fingerprint density at radius 3 is 2.50 bits per heavy atom. The highest BCUT2D eigenvalue weighted by atomic mass is 16.6. The number of allylic oxidation sites excluding steroid dienone is 2. The molecule has 0 saturated carbocycles. The first-order valence-corrected chi connectivity index (χ1v) is 8.62. The molecule has 0 bridgehead atoms. The largest absolute Gasteiger partial charge is 0.460 e. The van der Waals surface area contributed by atoms with Crippen LogP contribution in [0.4, 0.5) is 0 Å². The lowest BCUT2D eigenvalue weighted by Gasteiger charge is -2.14. The lowest BCUT2D eigenvalue weighted by atomic mass is 9.92. The van der Waals surface area contributed by atoms with Crippen molar-refractivity contribution in [2.45, 2.75) is 6.92 Å².